The van der Waals surface area contributed by atoms with Gasteiger partial charge in [0.25, 0.3) is 5.91 Å². The molecule has 1 fully saturated rings. The maximum absolute atomic E-state index is 11.7. The molecule has 1 aromatic rings. The molecule has 2 rings (SSSR count). The Labute approximate surface area is 143 Å². The van der Waals surface area contributed by atoms with Crippen molar-refractivity contribution in [2.45, 2.75) is 25.7 Å². The number of ether oxygens (including phenoxy) is 1. The lowest BCUT2D eigenvalue weighted by Crippen LogP contribution is -2.40. The van der Waals surface area contributed by atoms with Gasteiger partial charge in [-0.2, -0.15) is 0 Å². The van der Waals surface area contributed by atoms with Gasteiger partial charge in [0.05, 0.1) is 6.54 Å². The number of nitrogens with zero attached hydrogens (tertiary/aromatic N) is 1. The van der Waals surface area contributed by atoms with Crippen LogP contribution in [0.25, 0.3) is 0 Å². The van der Waals surface area contributed by atoms with Gasteiger partial charge in [0.15, 0.2) is 6.61 Å². The van der Waals surface area contributed by atoms with Gasteiger partial charge in [0.2, 0.25) is 5.91 Å². The summed E-state index contributed by atoms with van der Waals surface area (Å²) in [4.78, 5) is 25.8. The standard InChI is InChI=1S/C18H27N3O3/c22-17(19-10-7-13-21-11-5-2-6-12-21)14-20-18(23)15-24-16-8-3-1-4-9-16/h1,3-4,8-9H,2,5-7,10-15H2,(H,19,22)(H,20,23). The highest BCUT2D eigenvalue weighted by Gasteiger charge is 2.10. The van der Waals surface area contributed by atoms with E-state index in [1.165, 1.54) is 32.4 Å². The summed E-state index contributed by atoms with van der Waals surface area (Å²) in [7, 11) is 0. The van der Waals surface area contributed by atoms with Gasteiger partial charge < -0.3 is 20.3 Å². The minimum Gasteiger partial charge on any atom is -0.484 e. The zero-order valence-electron chi connectivity index (χ0n) is 14.1. The number of likely N-dealkylation sites (tertiary alicyclic amines) is 1. The molecule has 1 saturated heterocycles. The maximum atomic E-state index is 11.7. The normalized spacial score (nSPS) is 14.8. The number of para-hydroxylation sites is 1. The molecule has 1 aromatic carbocycles. The van der Waals surface area contributed by atoms with E-state index in [0.717, 1.165) is 13.0 Å². The minimum atomic E-state index is -0.303. The van der Waals surface area contributed by atoms with Gasteiger partial charge in [-0.1, -0.05) is 24.6 Å². The van der Waals surface area contributed by atoms with Crippen LogP contribution in [-0.4, -0.2) is 56.0 Å². The minimum absolute atomic E-state index is 0.0132. The number of carbonyl (C=O) groups is 2. The highest BCUT2D eigenvalue weighted by molar-refractivity contribution is 5.85. The molecular formula is C18H27N3O3. The van der Waals surface area contributed by atoms with Crippen molar-refractivity contribution in [3.63, 3.8) is 0 Å². The fourth-order valence-electron chi connectivity index (χ4n) is 2.67. The molecule has 0 aromatic heterocycles. The van der Waals surface area contributed by atoms with Crippen molar-refractivity contribution in [1.29, 1.82) is 0 Å². The van der Waals surface area contributed by atoms with Gasteiger partial charge in [-0.3, -0.25) is 9.59 Å². The Balaban J connectivity index is 1.48. The number of piperidine rings is 1. The van der Waals surface area contributed by atoms with Gasteiger partial charge in [-0.15, -0.1) is 0 Å². The molecule has 2 N–H and O–H groups in total. The van der Waals surface area contributed by atoms with Gasteiger partial charge in [0, 0.05) is 6.54 Å². The maximum Gasteiger partial charge on any atom is 0.258 e. The lowest BCUT2D eigenvalue weighted by atomic mass is 10.1. The number of hydrogen-bond acceptors (Lipinski definition) is 4. The fourth-order valence-corrected chi connectivity index (χ4v) is 2.67. The second kappa shape index (κ2) is 10.6. The molecule has 0 aliphatic carbocycles. The summed E-state index contributed by atoms with van der Waals surface area (Å²) in [6, 6.07) is 9.11. The van der Waals surface area contributed by atoms with E-state index in [1.54, 1.807) is 12.1 Å². The predicted octanol–water partition coefficient (Wildman–Crippen LogP) is 1.17. The Morgan fingerprint density at radius 1 is 1.00 bits per heavy atom. The van der Waals surface area contributed by atoms with Gasteiger partial charge in [-0.05, 0) is 51.0 Å². The van der Waals surface area contributed by atoms with Crippen LogP contribution in [-0.2, 0) is 9.59 Å². The van der Waals surface area contributed by atoms with Crippen molar-refractivity contribution in [2.75, 3.05) is 39.3 Å². The van der Waals surface area contributed by atoms with Crippen LogP contribution in [0.3, 0.4) is 0 Å². The highest BCUT2D eigenvalue weighted by Crippen LogP contribution is 2.08. The Morgan fingerprint density at radius 2 is 1.75 bits per heavy atom. The number of hydrogen-bond donors (Lipinski definition) is 2. The second-order valence-corrected chi connectivity index (χ2v) is 5.98. The average molecular weight is 333 g/mol. The van der Waals surface area contributed by atoms with Crippen molar-refractivity contribution < 1.29 is 14.3 Å². The third-order valence-corrected chi connectivity index (χ3v) is 3.98. The molecule has 1 aliphatic rings. The van der Waals surface area contributed by atoms with Crippen LogP contribution in [0, 0.1) is 0 Å². The first kappa shape index (κ1) is 18.3. The van der Waals surface area contributed by atoms with E-state index >= 15 is 0 Å². The highest BCUT2D eigenvalue weighted by atomic mass is 16.5. The van der Waals surface area contributed by atoms with E-state index in [9.17, 15) is 9.59 Å². The van der Waals surface area contributed by atoms with Crippen LogP contribution in [0.1, 0.15) is 25.7 Å². The summed E-state index contributed by atoms with van der Waals surface area (Å²) in [6.07, 6.45) is 4.84. The van der Waals surface area contributed by atoms with E-state index in [2.05, 4.69) is 15.5 Å². The second-order valence-electron chi connectivity index (χ2n) is 5.98. The number of rotatable bonds is 9. The molecule has 0 bridgehead atoms. The van der Waals surface area contributed by atoms with Crippen LogP contribution in [0.15, 0.2) is 30.3 Å². The summed E-state index contributed by atoms with van der Waals surface area (Å²) >= 11 is 0. The topological polar surface area (TPSA) is 70.7 Å². The number of amides is 2. The van der Waals surface area contributed by atoms with Crippen molar-refractivity contribution in [3.8, 4) is 5.75 Å². The molecule has 1 heterocycles. The van der Waals surface area contributed by atoms with Crippen LogP contribution in [0.2, 0.25) is 0 Å². The van der Waals surface area contributed by atoms with E-state index in [-0.39, 0.29) is 25.0 Å². The first-order valence-electron chi connectivity index (χ1n) is 8.67. The lowest BCUT2D eigenvalue weighted by Gasteiger charge is -2.26. The Hall–Kier alpha value is -2.08. The van der Waals surface area contributed by atoms with Crippen molar-refractivity contribution in [1.82, 2.24) is 15.5 Å². The number of nitrogens with one attached hydrogen (secondary N) is 2. The van der Waals surface area contributed by atoms with Crippen molar-refractivity contribution in [2.24, 2.45) is 0 Å². The summed E-state index contributed by atoms with van der Waals surface area (Å²) in [6.45, 7) is 3.91. The Kier molecular flexibility index (Phi) is 8.10. The zero-order chi connectivity index (χ0) is 17.0. The molecule has 6 nitrogen and oxygen atoms in total. The summed E-state index contributed by atoms with van der Waals surface area (Å²) in [5, 5.41) is 5.39. The average Bonchev–Trinajstić information content (AvgIpc) is 2.63. The largest absolute Gasteiger partial charge is 0.484 e. The smallest absolute Gasteiger partial charge is 0.258 e. The van der Waals surface area contributed by atoms with Gasteiger partial charge in [-0.25, -0.2) is 0 Å². The van der Waals surface area contributed by atoms with E-state index in [4.69, 9.17) is 4.74 Å². The molecule has 24 heavy (non-hydrogen) atoms. The van der Waals surface area contributed by atoms with Crippen LogP contribution < -0.4 is 15.4 Å². The summed E-state index contributed by atoms with van der Waals surface area (Å²) < 4.78 is 5.32. The summed E-state index contributed by atoms with van der Waals surface area (Å²) in [5.74, 6) is 0.166. The molecule has 0 spiro atoms. The van der Waals surface area contributed by atoms with E-state index < -0.39 is 0 Å². The van der Waals surface area contributed by atoms with Crippen LogP contribution in [0.5, 0.6) is 5.75 Å². The van der Waals surface area contributed by atoms with Crippen molar-refractivity contribution >= 4 is 11.8 Å². The van der Waals surface area contributed by atoms with E-state index in [1.807, 2.05) is 18.2 Å². The zero-order valence-corrected chi connectivity index (χ0v) is 14.1. The monoisotopic (exact) mass is 333 g/mol. The molecule has 6 heteroatoms. The summed E-state index contributed by atoms with van der Waals surface area (Å²) in [5.41, 5.74) is 0. The van der Waals surface area contributed by atoms with Crippen LogP contribution in [0.4, 0.5) is 0 Å². The SMILES string of the molecule is O=C(CNC(=O)COc1ccccc1)NCCCN1CCCCC1. The third kappa shape index (κ3) is 7.46. The lowest BCUT2D eigenvalue weighted by molar-refractivity contribution is -0.127. The third-order valence-electron chi connectivity index (χ3n) is 3.98. The quantitative estimate of drug-likeness (QED) is 0.666. The molecule has 2 amide bonds. The predicted molar refractivity (Wildman–Crippen MR) is 92.9 cm³/mol. The molecule has 132 valence electrons. The molecule has 1 aliphatic heterocycles. The molecule has 0 radical (unpaired) electrons. The van der Waals surface area contributed by atoms with Gasteiger partial charge in [0.1, 0.15) is 5.75 Å². The fraction of sp³-hybridized carbons (Fsp3) is 0.556. The Morgan fingerprint density at radius 3 is 2.50 bits per heavy atom. The first-order valence-corrected chi connectivity index (χ1v) is 8.67. The first-order chi connectivity index (χ1) is 11.7. The Bertz CT molecular complexity index is 501. The molecule has 0 unspecified atom stereocenters. The molecular weight excluding hydrogens is 306 g/mol. The van der Waals surface area contributed by atoms with Gasteiger partial charge >= 0.3 is 0 Å². The molecule has 0 saturated carbocycles. The molecule has 0 atom stereocenters. The number of benzene rings is 1. The van der Waals surface area contributed by atoms with Crippen LogP contribution >= 0.6 is 0 Å². The number of carbonyl (C=O) groups excluding carboxylic acids is 2. The van der Waals surface area contributed by atoms with Crippen molar-refractivity contribution in [3.05, 3.63) is 30.3 Å². The van der Waals surface area contributed by atoms with E-state index in [0.29, 0.717) is 12.3 Å².